The predicted octanol–water partition coefficient (Wildman–Crippen LogP) is 3.26. The molecular weight excluding hydrogens is 282 g/mol. The number of anilines is 1. The maximum Gasteiger partial charge on any atom is 0.293 e. The highest BCUT2D eigenvalue weighted by Crippen LogP contribution is 2.32. The fraction of sp³-hybridized carbons (Fsp3) is 0.154. The summed E-state index contributed by atoms with van der Waals surface area (Å²) in [6, 6.07) is 8.12. The zero-order valence-electron chi connectivity index (χ0n) is 10.7. The maximum absolute atomic E-state index is 11.0. The molecule has 1 aromatic heterocycles. The molecule has 0 amide bonds. The number of pyridine rings is 1. The fourth-order valence-corrected chi connectivity index (χ4v) is 2.00. The molecule has 0 atom stereocenters. The van der Waals surface area contributed by atoms with Crippen LogP contribution >= 0.6 is 11.6 Å². The van der Waals surface area contributed by atoms with Gasteiger partial charge in [-0.3, -0.25) is 10.1 Å². The van der Waals surface area contributed by atoms with Crippen LogP contribution in [0.1, 0.15) is 5.56 Å². The summed E-state index contributed by atoms with van der Waals surface area (Å²) in [6.07, 6.45) is 1.61. The summed E-state index contributed by atoms with van der Waals surface area (Å²) >= 11 is 6.00. The van der Waals surface area contributed by atoms with Gasteiger partial charge in [-0.05, 0) is 12.1 Å². The highest BCUT2D eigenvalue weighted by Gasteiger charge is 2.16. The summed E-state index contributed by atoms with van der Waals surface area (Å²) < 4.78 is 5.12. The normalized spacial score (nSPS) is 10.1. The summed E-state index contributed by atoms with van der Waals surface area (Å²) in [5.41, 5.74) is 0.995. The molecule has 0 saturated heterocycles. The summed E-state index contributed by atoms with van der Waals surface area (Å²) in [5, 5.41) is 14.2. The first kappa shape index (κ1) is 14.1. The summed E-state index contributed by atoms with van der Waals surface area (Å²) in [5.74, 6) is 0.467. The second kappa shape index (κ2) is 6.21. The Hall–Kier alpha value is -2.34. The third kappa shape index (κ3) is 2.97. The van der Waals surface area contributed by atoms with Gasteiger partial charge in [0.1, 0.15) is 5.69 Å². The smallest absolute Gasteiger partial charge is 0.293 e. The van der Waals surface area contributed by atoms with E-state index in [1.54, 1.807) is 18.3 Å². The van der Waals surface area contributed by atoms with Crippen LogP contribution in [0.2, 0.25) is 5.02 Å². The average Bonchev–Trinajstić information content (AvgIpc) is 2.46. The van der Waals surface area contributed by atoms with Gasteiger partial charge in [-0.2, -0.15) is 0 Å². The van der Waals surface area contributed by atoms with Crippen LogP contribution in [-0.2, 0) is 6.54 Å². The number of nitro benzene ring substituents is 1. The summed E-state index contributed by atoms with van der Waals surface area (Å²) in [6.45, 7) is 0.321. The van der Waals surface area contributed by atoms with Crippen LogP contribution in [0, 0.1) is 10.1 Å². The topological polar surface area (TPSA) is 77.3 Å². The molecule has 0 spiro atoms. The van der Waals surface area contributed by atoms with Crippen LogP contribution in [-0.4, -0.2) is 17.0 Å². The van der Waals surface area contributed by atoms with Gasteiger partial charge in [-0.15, -0.1) is 0 Å². The quantitative estimate of drug-likeness (QED) is 0.676. The number of nitrogens with zero attached hydrogens (tertiary/aromatic N) is 2. The van der Waals surface area contributed by atoms with E-state index < -0.39 is 4.92 Å². The molecule has 0 bridgehead atoms. The Labute approximate surface area is 120 Å². The van der Waals surface area contributed by atoms with Crippen molar-refractivity contribution < 1.29 is 9.66 Å². The molecule has 0 saturated carbocycles. The first-order valence-electron chi connectivity index (χ1n) is 5.78. The average molecular weight is 294 g/mol. The minimum absolute atomic E-state index is 0.0691. The second-order valence-corrected chi connectivity index (χ2v) is 4.32. The van der Waals surface area contributed by atoms with Gasteiger partial charge in [0, 0.05) is 24.4 Å². The molecule has 104 valence electrons. The Morgan fingerprint density at radius 1 is 1.40 bits per heavy atom. The number of methoxy groups -OCH3 is 1. The molecule has 0 aliphatic carbocycles. The molecule has 2 aromatic rings. The lowest BCUT2D eigenvalue weighted by Gasteiger charge is -2.10. The van der Waals surface area contributed by atoms with Crippen molar-refractivity contribution in [3.8, 4) is 5.88 Å². The van der Waals surface area contributed by atoms with Gasteiger partial charge in [-0.25, -0.2) is 4.98 Å². The molecule has 20 heavy (non-hydrogen) atoms. The van der Waals surface area contributed by atoms with Gasteiger partial charge in [0.25, 0.3) is 5.69 Å². The number of nitro groups is 1. The van der Waals surface area contributed by atoms with E-state index in [0.717, 1.165) is 5.56 Å². The van der Waals surface area contributed by atoms with E-state index >= 15 is 0 Å². The van der Waals surface area contributed by atoms with Crippen molar-refractivity contribution in [1.29, 1.82) is 0 Å². The molecule has 0 fully saturated rings. The van der Waals surface area contributed by atoms with E-state index in [1.807, 2.05) is 6.07 Å². The van der Waals surface area contributed by atoms with Gasteiger partial charge in [0.2, 0.25) is 5.88 Å². The van der Waals surface area contributed by atoms with Crippen LogP contribution in [0.3, 0.4) is 0 Å². The first-order chi connectivity index (χ1) is 9.63. The van der Waals surface area contributed by atoms with E-state index in [1.165, 1.54) is 19.2 Å². The number of benzene rings is 1. The highest BCUT2D eigenvalue weighted by atomic mass is 35.5. The van der Waals surface area contributed by atoms with Crippen LogP contribution in [0.4, 0.5) is 11.4 Å². The zero-order valence-corrected chi connectivity index (χ0v) is 11.4. The minimum Gasteiger partial charge on any atom is -0.481 e. The summed E-state index contributed by atoms with van der Waals surface area (Å²) in [4.78, 5) is 14.6. The van der Waals surface area contributed by atoms with Crippen molar-refractivity contribution >= 4 is 23.0 Å². The van der Waals surface area contributed by atoms with Crippen molar-refractivity contribution in [2.24, 2.45) is 0 Å². The standard InChI is InChI=1S/C13H12ClN3O3/c1-20-13-9(4-3-7-15-13)8-16-12-10(14)5-2-6-11(12)17(18)19/h2-7,16H,8H2,1H3. The number of para-hydroxylation sites is 1. The number of aromatic nitrogens is 1. The van der Waals surface area contributed by atoms with Crippen LogP contribution in [0.25, 0.3) is 0 Å². The lowest BCUT2D eigenvalue weighted by atomic mass is 10.2. The molecule has 7 heteroatoms. The number of ether oxygens (including phenoxy) is 1. The molecule has 2 rings (SSSR count). The third-order valence-corrected chi connectivity index (χ3v) is 3.00. The largest absolute Gasteiger partial charge is 0.481 e. The van der Waals surface area contributed by atoms with E-state index in [9.17, 15) is 10.1 Å². The summed E-state index contributed by atoms with van der Waals surface area (Å²) in [7, 11) is 1.52. The highest BCUT2D eigenvalue weighted by molar-refractivity contribution is 6.33. The van der Waals surface area contributed by atoms with Crippen molar-refractivity contribution in [2.45, 2.75) is 6.54 Å². The molecule has 0 aliphatic heterocycles. The Bertz CT molecular complexity index is 634. The second-order valence-electron chi connectivity index (χ2n) is 3.92. The predicted molar refractivity (Wildman–Crippen MR) is 76.2 cm³/mol. The number of nitrogens with one attached hydrogen (secondary N) is 1. The molecular formula is C13H12ClN3O3. The van der Waals surface area contributed by atoms with Gasteiger partial charge in [0.05, 0.1) is 17.1 Å². The Morgan fingerprint density at radius 2 is 2.20 bits per heavy atom. The molecule has 6 nitrogen and oxygen atoms in total. The monoisotopic (exact) mass is 293 g/mol. The van der Waals surface area contributed by atoms with E-state index in [-0.39, 0.29) is 11.4 Å². The Balaban J connectivity index is 2.25. The van der Waals surface area contributed by atoms with Crippen LogP contribution in [0.5, 0.6) is 5.88 Å². The molecule has 0 aliphatic rings. The fourth-order valence-electron chi connectivity index (χ4n) is 1.77. The van der Waals surface area contributed by atoms with Crippen molar-refractivity contribution in [3.05, 3.63) is 57.2 Å². The van der Waals surface area contributed by atoms with Gasteiger partial charge >= 0.3 is 0 Å². The van der Waals surface area contributed by atoms with Crippen LogP contribution < -0.4 is 10.1 Å². The van der Waals surface area contributed by atoms with Gasteiger partial charge < -0.3 is 10.1 Å². The lowest BCUT2D eigenvalue weighted by molar-refractivity contribution is -0.383. The van der Waals surface area contributed by atoms with Gasteiger partial charge in [-0.1, -0.05) is 23.7 Å². The minimum atomic E-state index is -0.477. The van der Waals surface area contributed by atoms with Crippen molar-refractivity contribution in [2.75, 3.05) is 12.4 Å². The van der Waals surface area contributed by atoms with E-state index in [0.29, 0.717) is 17.4 Å². The molecule has 1 heterocycles. The number of rotatable bonds is 5. The molecule has 1 N–H and O–H groups in total. The first-order valence-corrected chi connectivity index (χ1v) is 6.16. The van der Waals surface area contributed by atoms with Crippen molar-refractivity contribution in [1.82, 2.24) is 4.98 Å². The number of halogens is 1. The lowest BCUT2D eigenvalue weighted by Crippen LogP contribution is -2.05. The SMILES string of the molecule is COc1ncccc1CNc1c(Cl)cccc1[N+](=O)[O-]. The molecule has 1 aromatic carbocycles. The molecule has 0 unspecified atom stereocenters. The zero-order chi connectivity index (χ0) is 14.5. The Morgan fingerprint density at radius 3 is 2.90 bits per heavy atom. The third-order valence-electron chi connectivity index (χ3n) is 2.69. The van der Waals surface area contributed by atoms with Gasteiger partial charge in [0.15, 0.2) is 0 Å². The number of hydrogen-bond acceptors (Lipinski definition) is 5. The van der Waals surface area contributed by atoms with Crippen LogP contribution in [0.15, 0.2) is 36.5 Å². The Kier molecular flexibility index (Phi) is 4.37. The van der Waals surface area contributed by atoms with E-state index in [2.05, 4.69) is 10.3 Å². The molecule has 0 radical (unpaired) electrons. The number of hydrogen-bond donors (Lipinski definition) is 1. The maximum atomic E-state index is 11.0. The van der Waals surface area contributed by atoms with Crippen molar-refractivity contribution in [3.63, 3.8) is 0 Å². The van der Waals surface area contributed by atoms with E-state index in [4.69, 9.17) is 16.3 Å².